The van der Waals surface area contributed by atoms with Crippen LogP contribution in [0.1, 0.15) is 16.7 Å². The quantitative estimate of drug-likeness (QED) is 0.308. The number of aromatic nitrogens is 2. The van der Waals surface area contributed by atoms with E-state index in [2.05, 4.69) is 10.6 Å². The lowest BCUT2D eigenvalue weighted by atomic mass is 10.1. The molecule has 2 aliphatic heterocycles. The molecule has 3 heterocycles. The first kappa shape index (κ1) is 14.2. The Hall–Kier alpha value is -1.72. The molecule has 2 unspecified atom stereocenters. The van der Waals surface area contributed by atoms with Gasteiger partial charge in [0, 0.05) is 0 Å². The SMILES string of the molecule is Cn1c[n+]([C@@H]2O[C@H](CO)[C@H](O)C2O)c2c1C(=O)NC(N)N2. The van der Waals surface area contributed by atoms with Crippen LogP contribution in [0.25, 0.3) is 0 Å². The van der Waals surface area contributed by atoms with Crippen LogP contribution in [0.15, 0.2) is 6.33 Å². The van der Waals surface area contributed by atoms with Crippen LogP contribution in [0.2, 0.25) is 0 Å². The molecule has 1 fully saturated rings. The maximum Gasteiger partial charge on any atom is 0.293 e. The van der Waals surface area contributed by atoms with E-state index < -0.39 is 37.4 Å². The van der Waals surface area contributed by atoms with Crippen molar-refractivity contribution in [2.75, 3.05) is 11.9 Å². The summed E-state index contributed by atoms with van der Waals surface area (Å²) in [6, 6.07) is 0. The second kappa shape index (κ2) is 4.93. The minimum Gasteiger partial charge on any atom is -0.394 e. The zero-order chi connectivity index (χ0) is 15.3. The Morgan fingerprint density at radius 2 is 2.14 bits per heavy atom. The highest BCUT2D eigenvalue weighted by Crippen LogP contribution is 2.28. The number of aliphatic hydroxyl groups excluding tert-OH is 3. The summed E-state index contributed by atoms with van der Waals surface area (Å²) in [7, 11) is 1.66. The fourth-order valence-corrected chi connectivity index (χ4v) is 2.70. The highest BCUT2D eigenvalue weighted by atomic mass is 16.6. The molecule has 5 atom stereocenters. The lowest BCUT2D eigenvalue weighted by Crippen LogP contribution is -2.55. The molecule has 3 rings (SSSR count). The van der Waals surface area contributed by atoms with Crippen LogP contribution in [0.5, 0.6) is 0 Å². The van der Waals surface area contributed by atoms with Crippen molar-refractivity contribution in [3.05, 3.63) is 12.0 Å². The number of hydrogen-bond acceptors (Lipinski definition) is 7. The van der Waals surface area contributed by atoms with E-state index in [0.717, 1.165) is 0 Å². The summed E-state index contributed by atoms with van der Waals surface area (Å²) < 4.78 is 8.50. The van der Waals surface area contributed by atoms with Gasteiger partial charge in [-0.15, -0.1) is 0 Å². The normalized spacial score (nSPS) is 35.3. The Labute approximate surface area is 119 Å². The predicted molar refractivity (Wildman–Crippen MR) is 67.7 cm³/mol. The molecule has 0 spiro atoms. The van der Waals surface area contributed by atoms with Crippen LogP contribution < -0.4 is 20.9 Å². The standard InChI is InChI=1S/C11H17N5O5/c1-15-3-16(8-5(15)9(20)14-11(12)13-8)10-7(19)6(18)4(2-17)21-10/h3-4,6-7,10-11,17-19H,2,12H2,1H3,(H-,13,14,20)/p+1/t4-,6+,7?,10-,11?/m1/s1. The van der Waals surface area contributed by atoms with Crippen molar-refractivity contribution >= 4 is 11.7 Å². The van der Waals surface area contributed by atoms with Gasteiger partial charge in [-0.25, -0.2) is 4.57 Å². The van der Waals surface area contributed by atoms with Crippen molar-refractivity contribution in [3.8, 4) is 0 Å². The number of carbonyl (C=O) groups excluding carboxylic acids is 1. The van der Waals surface area contributed by atoms with E-state index in [-0.39, 0.29) is 5.91 Å². The smallest absolute Gasteiger partial charge is 0.293 e. The van der Waals surface area contributed by atoms with E-state index in [1.54, 1.807) is 17.9 Å². The fourth-order valence-electron chi connectivity index (χ4n) is 2.70. The Morgan fingerprint density at radius 1 is 1.43 bits per heavy atom. The molecule has 7 N–H and O–H groups in total. The van der Waals surface area contributed by atoms with Crippen molar-refractivity contribution in [2.24, 2.45) is 12.8 Å². The molecule has 0 aliphatic carbocycles. The van der Waals surface area contributed by atoms with Gasteiger partial charge >= 0.3 is 0 Å². The summed E-state index contributed by atoms with van der Waals surface area (Å²) in [6.45, 7) is -0.419. The zero-order valence-electron chi connectivity index (χ0n) is 11.3. The molecule has 1 saturated heterocycles. The third-order valence-electron chi connectivity index (χ3n) is 3.72. The van der Waals surface area contributed by atoms with Crippen LogP contribution in [0, 0.1) is 0 Å². The number of amides is 1. The molecule has 21 heavy (non-hydrogen) atoms. The number of nitrogens with one attached hydrogen (secondary N) is 2. The minimum atomic E-state index is -1.23. The third kappa shape index (κ3) is 2.08. The summed E-state index contributed by atoms with van der Waals surface area (Å²) in [5, 5.41) is 34.4. The number of rotatable bonds is 2. The summed E-state index contributed by atoms with van der Waals surface area (Å²) >= 11 is 0. The Morgan fingerprint density at radius 3 is 2.76 bits per heavy atom. The second-order valence-electron chi connectivity index (χ2n) is 5.16. The molecular formula is C11H18N5O5+. The molecule has 10 heteroatoms. The van der Waals surface area contributed by atoms with Gasteiger partial charge in [0.2, 0.25) is 11.9 Å². The molecule has 1 aromatic rings. The number of ether oxygens (including phenoxy) is 1. The number of hydrogen-bond donors (Lipinski definition) is 6. The number of nitrogens with two attached hydrogens (primary N) is 1. The van der Waals surface area contributed by atoms with E-state index in [1.165, 1.54) is 4.57 Å². The zero-order valence-corrected chi connectivity index (χ0v) is 11.3. The van der Waals surface area contributed by atoms with Crippen LogP contribution in [-0.2, 0) is 11.8 Å². The Bertz CT molecular complexity index is 576. The van der Waals surface area contributed by atoms with Gasteiger partial charge in [-0.1, -0.05) is 0 Å². The topological polar surface area (TPSA) is 146 Å². The van der Waals surface area contributed by atoms with Crippen molar-refractivity contribution in [1.29, 1.82) is 0 Å². The maximum absolute atomic E-state index is 12.0. The average molecular weight is 300 g/mol. The fraction of sp³-hybridized carbons (Fsp3) is 0.636. The largest absolute Gasteiger partial charge is 0.394 e. The molecule has 1 aromatic heterocycles. The van der Waals surface area contributed by atoms with Crippen molar-refractivity contribution < 1.29 is 29.4 Å². The van der Waals surface area contributed by atoms with Gasteiger partial charge in [0.25, 0.3) is 11.7 Å². The van der Waals surface area contributed by atoms with Gasteiger partial charge in [-0.2, -0.15) is 0 Å². The van der Waals surface area contributed by atoms with Gasteiger partial charge < -0.3 is 25.4 Å². The van der Waals surface area contributed by atoms with E-state index >= 15 is 0 Å². The summed E-state index contributed by atoms with van der Waals surface area (Å²) in [5.74, 6) is 0.0211. The van der Waals surface area contributed by atoms with Crippen LogP contribution in [0.4, 0.5) is 5.82 Å². The van der Waals surface area contributed by atoms with Crippen molar-refractivity contribution in [1.82, 2.24) is 9.88 Å². The van der Waals surface area contributed by atoms with Crippen LogP contribution in [0.3, 0.4) is 0 Å². The molecule has 0 bridgehead atoms. The number of fused-ring (bicyclic) bond motifs is 1. The van der Waals surface area contributed by atoms with Crippen molar-refractivity contribution in [3.63, 3.8) is 0 Å². The monoisotopic (exact) mass is 300 g/mol. The number of anilines is 1. The molecule has 0 radical (unpaired) electrons. The van der Waals surface area contributed by atoms with Crippen molar-refractivity contribution in [2.45, 2.75) is 30.8 Å². The molecule has 0 saturated carbocycles. The second-order valence-corrected chi connectivity index (χ2v) is 5.16. The highest BCUT2D eigenvalue weighted by molar-refractivity contribution is 5.98. The Kier molecular flexibility index (Phi) is 3.34. The predicted octanol–water partition coefficient (Wildman–Crippen LogP) is -3.68. The molecule has 0 aromatic carbocycles. The van der Waals surface area contributed by atoms with E-state index in [4.69, 9.17) is 15.6 Å². The van der Waals surface area contributed by atoms with Gasteiger partial charge in [-0.3, -0.25) is 20.4 Å². The third-order valence-corrected chi connectivity index (χ3v) is 3.72. The van der Waals surface area contributed by atoms with E-state index in [0.29, 0.717) is 11.5 Å². The average Bonchev–Trinajstić information content (AvgIpc) is 2.89. The number of aliphatic hydroxyl groups is 3. The van der Waals surface area contributed by atoms with Crippen LogP contribution in [-0.4, -0.2) is 57.0 Å². The van der Waals surface area contributed by atoms with E-state index in [1.807, 2.05) is 0 Å². The first-order valence-electron chi connectivity index (χ1n) is 6.50. The first-order chi connectivity index (χ1) is 9.93. The summed E-state index contributed by atoms with van der Waals surface area (Å²) in [4.78, 5) is 12.0. The van der Waals surface area contributed by atoms with Gasteiger partial charge in [0.15, 0.2) is 12.6 Å². The first-order valence-corrected chi connectivity index (χ1v) is 6.50. The lowest BCUT2D eigenvalue weighted by molar-refractivity contribution is -0.753. The van der Waals surface area contributed by atoms with Crippen LogP contribution >= 0.6 is 0 Å². The molecule has 116 valence electrons. The van der Waals surface area contributed by atoms with Gasteiger partial charge in [-0.05, 0) is 0 Å². The highest BCUT2D eigenvalue weighted by Gasteiger charge is 2.48. The number of nitrogens with zero attached hydrogens (tertiary/aromatic N) is 2. The molecule has 2 aliphatic rings. The van der Waals surface area contributed by atoms with E-state index in [9.17, 15) is 15.0 Å². The maximum atomic E-state index is 12.0. The van der Waals surface area contributed by atoms with Gasteiger partial charge in [0.05, 0.1) is 13.7 Å². The summed E-state index contributed by atoms with van der Waals surface area (Å²) in [6.07, 6.45) is -3.49. The molecule has 1 amide bonds. The van der Waals surface area contributed by atoms with Gasteiger partial charge in [0.1, 0.15) is 18.3 Å². The summed E-state index contributed by atoms with van der Waals surface area (Å²) in [5.41, 5.74) is 6.00. The lowest BCUT2D eigenvalue weighted by Gasteiger charge is -2.20. The molecule has 10 nitrogen and oxygen atoms in total. The minimum absolute atomic E-state index is 0.328. The number of carbonyl (C=O) groups is 1. The number of aryl methyl sites for hydroxylation is 1. The Balaban J connectivity index is 2.01. The number of imidazole rings is 1. The molecular weight excluding hydrogens is 282 g/mol.